The van der Waals surface area contributed by atoms with Gasteiger partial charge in [0.25, 0.3) is 0 Å². The van der Waals surface area contributed by atoms with Crippen molar-refractivity contribution >= 4 is 52.6 Å². The van der Waals surface area contributed by atoms with Crippen molar-refractivity contribution < 1.29 is 19.1 Å². The van der Waals surface area contributed by atoms with E-state index in [1.807, 2.05) is 6.07 Å². The maximum atomic E-state index is 12.1. The van der Waals surface area contributed by atoms with Crippen LogP contribution >= 0.6 is 35.0 Å². The van der Waals surface area contributed by atoms with E-state index >= 15 is 0 Å². The van der Waals surface area contributed by atoms with Crippen LogP contribution in [-0.4, -0.2) is 40.0 Å². The van der Waals surface area contributed by atoms with Gasteiger partial charge in [-0.2, -0.15) is 0 Å². The molecule has 5 nitrogen and oxygen atoms in total. The molecule has 8 heteroatoms. The van der Waals surface area contributed by atoms with E-state index in [-0.39, 0.29) is 29.2 Å². The van der Waals surface area contributed by atoms with E-state index in [4.69, 9.17) is 27.9 Å². The third kappa shape index (κ3) is 4.40. The normalized spacial score (nSPS) is 20.2. The van der Waals surface area contributed by atoms with E-state index in [1.54, 1.807) is 18.2 Å². The summed E-state index contributed by atoms with van der Waals surface area (Å²) < 4.78 is 5.17. The minimum absolute atomic E-state index is 0.170. The Bertz CT molecular complexity index is 625. The zero-order chi connectivity index (χ0) is 16.9. The SMILES string of the molecule is O=C1CSC(CCc2ccccc2OC(=O)CCl)(C(=O)CCl)N1. The molecule has 1 heterocycles. The Morgan fingerprint density at radius 3 is 2.61 bits per heavy atom. The number of alkyl halides is 2. The number of aryl methyl sites for hydroxylation is 1. The van der Waals surface area contributed by atoms with Gasteiger partial charge in [0, 0.05) is 0 Å². The van der Waals surface area contributed by atoms with E-state index in [0.717, 1.165) is 5.56 Å². The Kier molecular flexibility index (Phi) is 6.33. The van der Waals surface area contributed by atoms with Crippen LogP contribution in [0.25, 0.3) is 0 Å². The quantitative estimate of drug-likeness (QED) is 0.449. The number of carbonyl (C=O) groups excluding carboxylic acids is 3. The number of halogens is 2. The molecule has 1 amide bonds. The van der Waals surface area contributed by atoms with Crippen LogP contribution in [0.5, 0.6) is 5.75 Å². The Morgan fingerprint density at radius 1 is 1.26 bits per heavy atom. The number of ether oxygens (including phenoxy) is 1. The largest absolute Gasteiger partial charge is 0.425 e. The van der Waals surface area contributed by atoms with Crippen molar-refractivity contribution in [2.24, 2.45) is 0 Å². The van der Waals surface area contributed by atoms with Crippen LogP contribution in [0.2, 0.25) is 0 Å². The lowest BCUT2D eigenvalue weighted by atomic mass is 10.0. The lowest BCUT2D eigenvalue weighted by Gasteiger charge is -2.26. The molecule has 1 aliphatic rings. The predicted molar refractivity (Wildman–Crippen MR) is 90.2 cm³/mol. The molecule has 1 N–H and O–H groups in total. The van der Waals surface area contributed by atoms with Gasteiger partial charge in [0.1, 0.15) is 16.5 Å². The van der Waals surface area contributed by atoms with Crippen molar-refractivity contribution in [3.63, 3.8) is 0 Å². The third-order valence-electron chi connectivity index (χ3n) is 3.41. The molecule has 1 aliphatic heterocycles. The van der Waals surface area contributed by atoms with Crippen molar-refractivity contribution in [1.29, 1.82) is 0 Å². The highest BCUT2D eigenvalue weighted by Crippen LogP contribution is 2.35. The number of esters is 1. The molecule has 1 atom stereocenters. The highest BCUT2D eigenvalue weighted by Gasteiger charge is 2.44. The number of benzene rings is 1. The molecule has 0 bridgehead atoms. The van der Waals surface area contributed by atoms with E-state index in [1.165, 1.54) is 11.8 Å². The highest BCUT2D eigenvalue weighted by atomic mass is 35.5. The fourth-order valence-corrected chi connectivity index (χ4v) is 3.77. The molecular weight excluding hydrogens is 361 g/mol. The van der Waals surface area contributed by atoms with Crippen LogP contribution in [-0.2, 0) is 20.8 Å². The minimum Gasteiger partial charge on any atom is -0.425 e. The highest BCUT2D eigenvalue weighted by molar-refractivity contribution is 8.02. The second-order valence-electron chi connectivity index (χ2n) is 4.94. The summed E-state index contributed by atoms with van der Waals surface area (Å²) in [5.74, 6) is -0.743. The summed E-state index contributed by atoms with van der Waals surface area (Å²) in [7, 11) is 0. The number of hydrogen-bond donors (Lipinski definition) is 1. The van der Waals surface area contributed by atoms with Gasteiger partial charge < -0.3 is 10.1 Å². The topological polar surface area (TPSA) is 72.5 Å². The van der Waals surface area contributed by atoms with Gasteiger partial charge in [-0.25, -0.2) is 0 Å². The molecule has 1 aromatic rings. The number of carbonyl (C=O) groups is 3. The van der Waals surface area contributed by atoms with Crippen LogP contribution in [0, 0.1) is 0 Å². The summed E-state index contributed by atoms with van der Waals surface area (Å²) in [5.41, 5.74) is 0.759. The molecule has 1 fully saturated rings. The van der Waals surface area contributed by atoms with Crippen molar-refractivity contribution in [2.45, 2.75) is 17.7 Å². The van der Waals surface area contributed by atoms with Gasteiger partial charge in [0.05, 0.1) is 11.6 Å². The predicted octanol–water partition coefficient (Wildman–Crippen LogP) is 2.13. The monoisotopic (exact) mass is 375 g/mol. The van der Waals surface area contributed by atoms with E-state index in [2.05, 4.69) is 5.32 Å². The van der Waals surface area contributed by atoms with Crippen LogP contribution < -0.4 is 10.1 Å². The van der Waals surface area contributed by atoms with Crippen molar-refractivity contribution in [3.8, 4) is 5.75 Å². The summed E-state index contributed by atoms with van der Waals surface area (Å²) in [6.07, 6.45) is 0.812. The van der Waals surface area contributed by atoms with Gasteiger partial charge in [0.2, 0.25) is 5.91 Å². The first-order chi connectivity index (χ1) is 11.0. The van der Waals surface area contributed by atoms with Gasteiger partial charge in [-0.1, -0.05) is 18.2 Å². The second kappa shape index (κ2) is 8.04. The molecule has 1 saturated heterocycles. The molecule has 124 valence electrons. The van der Waals surface area contributed by atoms with E-state index < -0.39 is 10.8 Å². The molecule has 2 rings (SSSR count). The molecule has 0 aromatic heterocycles. The fourth-order valence-electron chi connectivity index (χ4n) is 2.29. The molecular formula is C15H15Cl2NO4S. The van der Waals surface area contributed by atoms with Crippen LogP contribution in [0.3, 0.4) is 0 Å². The van der Waals surface area contributed by atoms with E-state index in [9.17, 15) is 14.4 Å². The summed E-state index contributed by atoms with van der Waals surface area (Å²) >= 11 is 12.4. The molecule has 0 saturated carbocycles. The number of thioether (sulfide) groups is 1. The average molecular weight is 376 g/mol. The summed E-state index contributed by atoms with van der Waals surface area (Å²) in [6, 6.07) is 7.02. The first-order valence-electron chi connectivity index (χ1n) is 6.89. The first kappa shape index (κ1) is 18.1. The zero-order valence-corrected chi connectivity index (χ0v) is 14.5. The average Bonchev–Trinajstić information content (AvgIpc) is 2.95. The molecule has 0 radical (unpaired) electrons. The van der Waals surface area contributed by atoms with Crippen LogP contribution in [0.15, 0.2) is 24.3 Å². The first-order valence-corrected chi connectivity index (χ1v) is 8.95. The van der Waals surface area contributed by atoms with Crippen molar-refractivity contribution in [3.05, 3.63) is 29.8 Å². The van der Waals surface area contributed by atoms with Gasteiger partial charge in [0.15, 0.2) is 5.78 Å². The maximum absolute atomic E-state index is 12.1. The van der Waals surface area contributed by atoms with Gasteiger partial charge in [-0.05, 0) is 24.5 Å². The standard InChI is InChI=1S/C15H15Cl2NO4S/c16-7-12(19)15(18-13(20)9-23-15)6-5-10-3-1-2-4-11(10)22-14(21)8-17/h1-4H,5-9H2,(H,18,20). The lowest BCUT2D eigenvalue weighted by Crippen LogP contribution is -2.48. The minimum atomic E-state index is -1.01. The Balaban J connectivity index is 2.14. The molecule has 0 spiro atoms. The number of nitrogens with one attached hydrogen (secondary N) is 1. The summed E-state index contributed by atoms with van der Waals surface area (Å²) in [5, 5.41) is 2.72. The smallest absolute Gasteiger partial charge is 0.326 e. The Hall–Kier alpha value is -1.24. The number of para-hydroxylation sites is 1. The molecule has 1 unspecified atom stereocenters. The number of ketones is 1. The number of hydrogen-bond acceptors (Lipinski definition) is 5. The number of Topliss-reactive ketones (excluding diaryl/α,β-unsaturated/α-hetero) is 1. The molecule has 0 aliphatic carbocycles. The van der Waals surface area contributed by atoms with Crippen LogP contribution in [0.4, 0.5) is 0 Å². The van der Waals surface area contributed by atoms with Gasteiger partial charge >= 0.3 is 5.97 Å². The van der Waals surface area contributed by atoms with Gasteiger partial charge in [-0.3, -0.25) is 14.4 Å². The van der Waals surface area contributed by atoms with Crippen molar-refractivity contribution in [2.75, 3.05) is 17.5 Å². The fraction of sp³-hybridized carbons (Fsp3) is 0.400. The van der Waals surface area contributed by atoms with Gasteiger partial charge in [-0.15, -0.1) is 35.0 Å². The second-order valence-corrected chi connectivity index (χ2v) is 6.74. The molecule has 23 heavy (non-hydrogen) atoms. The third-order valence-corrected chi connectivity index (χ3v) is 5.31. The van der Waals surface area contributed by atoms with Crippen molar-refractivity contribution in [1.82, 2.24) is 5.32 Å². The molecule has 1 aromatic carbocycles. The summed E-state index contributed by atoms with van der Waals surface area (Å²) in [6.45, 7) is 0. The summed E-state index contributed by atoms with van der Waals surface area (Å²) in [4.78, 5) is 34.0. The van der Waals surface area contributed by atoms with Crippen LogP contribution in [0.1, 0.15) is 12.0 Å². The number of rotatable bonds is 7. The lowest BCUT2D eigenvalue weighted by molar-refractivity contribution is -0.131. The number of amides is 1. The zero-order valence-electron chi connectivity index (χ0n) is 12.1. The maximum Gasteiger partial charge on any atom is 0.326 e. The Labute approximate surface area is 148 Å². The van der Waals surface area contributed by atoms with E-state index in [0.29, 0.717) is 18.6 Å². The Morgan fingerprint density at radius 2 is 2.00 bits per heavy atom.